The minimum absolute atomic E-state index is 0.225. The lowest BCUT2D eigenvalue weighted by atomic mass is 10.0. The number of aromatic nitrogens is 2. The second kappa shape index (κ2) is 6.44. The van der Waals surface area contributed by atoms with E-state index in [2.05, 4.69) is 16.0 Å². The summed E-state index contributed by atoms with van der Waals surface area (Å²) in [5.41, 5.74) is 4.42. The largest absolute Gasteiger partial charge is 0.508 e. The minimum Gasteiger partial charge on any atom is -0.508 e. The van der Waals surface area contributed by atoms with Crippen molar-refractivity contribution in [3.8, 4) is 39.5 Å². The first-order valence-electron chi connectivity index (χ1n) is 8.19. The van der Waals surface area contributed by atoms with Gasteiger partial charge < -0.3 is 19.6 Å². The van der Waals surface area contributed by atoms with Crippen molar-refractivity contribution in [1.29, 1.82) is 0 Å². The molecule has 2 heterocycles. The van der Waals surface area contributed by atoms with Gasteiger partial charge in [0.15, 0.2) is 0 Å². The van der Waals surface area contributed by atoms with Gasteiger partial charge in [-0.3, -0.25) is 0 Å². The maximum absolute atomic E-state index is 9.76. The zero-order chi connectivity index (χ0) is 18.1. The molecule has 0 saturated carbocycles. The van der Waals surface area contributed by atoms with Crippen LogP contribution in [0, 0.1) is 0 Å². The van der Waals surface area contributed by atoms with E-state index in [0.717, 1.165) is 44.8 Å². The predicted octanol–water partition coefficient (Wildman–Crippen LogP) is 4.62. The molecule has 0 spiro atoms. The number of aromatic amines is 1. The summed E-state index contributed by atoms with van der Waals surface area (Å²) in [7, 11) is 3.28. The Labute approximate surface area is 150 Å². The number of phenolic OH excluding ortho intramolecular Hbond substituents is 1. The molecule has 0 aliphatic rings. The number of pyridine rings is 1. The molecule has 0 radical (unpaired) electrons. The highest BCUT2D eigenvalue weighted by atomic mass is 16.5. The van der Waals surface area contributed by atoms with Gasteiger partial charge in [0, 0.05) is 28.9 Å². The first-order valence-corrected chi connectivity index (χ1v) is 8.19. The third-order valence-corrected chi connectivity index (χ3v) is 4.41. The van der Waals surface area contributed by atoms with Crippen molar-refractivity contribution in [2.24, 2.45) is 0 Å². The van der Waals surface area contributed by atoms with Crippen LogP contribution in [0.4, 0.5) is 0 Å². The number of H-pyrrole nitrogens is 1. The molecule has 0 aliphatic heterocycles. The van der Waals surface area contributed by atoms with Crippen LogP contribution in [0.15, 0.2) is 60.9 Å². The monoisotopic (exact) mass is 346 g/mol. The van der Waals surface area contributed by atoms with Crippen LogP contribution in [0.3, 0.4) is 0 Å². The van der Waals surface area contributed by atoms with Crippen LogP contribution in [0.1, 0.15) is 0 Å². The predicted molar refractivity (Wildman–Crippen MR) is 102 cm³/mol. The van der Waals surface area contributed by atoms with E-state index in [1.54, 1.807) is 32.5 Å². The summed E-state index contributed by atoms with van der Waals surface area (Å²) >= 11 is 0. The van der Waals surface area contributed by atoms with Crippen LogP contribution in [0.25, 0.3) is 33.3 Å². The molecule has 4 rings (SSSR count). The number of hydrogen-bond acceptors (Lipinski definition) is 4. The lowest BCUT2D eigenvalue weighted by Gasteiger charge is -2.12. The van der Waals surface area contributed by atoms with Gasteiger partial charge in [0.25, 0.3) is 0 Å². The van der Waals surface area contributed by atoms with Crippen LogP contribution in [0.2, 0.25) is 0 Å². The summed E-state index contributed by atoms with van der Waals surface area (Å²) in [5, 5.41) is 10.7. The maximum Gasteiger partial charge on any atom is 0.137 e. The highest BCUT2D eigenvalue weighted by molar-refractivity contribution is 5.99. The number of nitrogens with zero attached hydrogens (tertiary/aromatic N) is 1. The molecule has 0 atom stereocenters. The molecule has 0 bridgehead atoms. The molecule has 0 amide bonds. The second-order valence-corrected chi connectivity index (χ2v) is 5.91. The summed E-state index contributed by atoms with van der Waals surface area (Å²) in [5.74, 6) is 1.68. The minimum atomic E-state index is 0.225. The van der Waals surface area contributed by atoms with E-state index >= 15 is 0 Å². The van der Waals surface area contributed by atoms with Crippen molar-refractivity contribution in [3.63, 3.8) is 0 Å². The van der Waals surface area contributed by atoms with Crippen LogP contribution < -0.4 is 9.47 Å². The number of nitrogens with one attached hydrogen (secondary N) is 1. The molecule has 2 aromatic heterocycles. The number of benzene rings is 2. The number of methoxy groups -OCH3 is 2. The van der Waals surface area contributed by atoms with Gasteiger partial charge in [0.05, 0.1) is 19.8 Å². The van der Waals surface area contributed by atoms with Crippen molar-refractivity contribution < 1.29 is 14.6 Å². The fraction of sp³-hybridized carbons (Fsp3) is 0.0952. The maximum atomic E-state index is 9.76. The third kappa shape index (κ3) is 2.63. The van der Waals surface area contributed by atoms with E-state index in [4.69, 9.17) is 9.47 Å². The lowest BCUT2D eigenvalue weighted by molar-refractivity contribution is 0.397. The standard InChI is InChI=1S/C21H18N2O3/c1-25-18-7-4-8-19(26-2)20(18)17-12-23-21-16(17)10-14(11-22-21)13-5-3-6-15(24)9-13/h3-12,24H,1-2H3,(H,22,23). The molecule has 2 aromatic carbocycles. The highest BCUT2D eigenvalue weighted by Gasteiger charge is 2.17. The Morgan fingerprint density at radius 2 is 1.65 bits per heavy atom. The molecule has 2 N–H and O–H groups in total. The molecule has 26 heavy (non-hydrogen) atoms. The van der Waals surface area contributed by atoms with Gasteiger partial charge in [-0.25, -0.2) is 4.98 Å². The van der Waals surface area contributed by atoms with Gasteiger partial charge >= 0.3 is 0 Å². The van der Waals surface area contributed by atoms with E-state index in [0.29, 0.717) is 0 Å². The first kappa shape index (κ1) is 16.0. The Kier molecular flexibility index (Phi) is 3.97. The number of phenols is 1. The van der Waals surface area contributed by atoms with Crippen molar-refractivity contribution >= 4 is 11.0 Å². The van der Waals surface area contributed by atoms with Crippen LogP contribution >= 0.6 is 0 Å². The summed E-state index contributed by atoms with van der Waals surface area (Å²) in [6, 6.07) is 14.9. The molecule has 5 nitrogen and oxygen atoms in total. The van der Waals surface area contributed by atoms with E-state index in [1.165, 1.54) is 0 Å². The molecular formula is C21H18N2O3. The van der Waals surface area contributed by atoms with Crippen LogP contribution in [0.5, 0.6) is 17.2 Å². The van der Waals surface area contributed by atoms with Crippen molar-refractivity contribution in [3.05, 3.63) is 60.9 Å². The normalized spacial score (nSPS) is 10.8. The Hall–Kier alpha value is -3.47. The summed E-state index contributed by atoms with van der Waals surface area (Å²) in [6.07, 6.45) is 3.70. The quantitative estimate of drug-likeness (QED) is 0.566. The summed E-state index contributed by atoms with van der Waals surface area (Å²) in [4.78, 5) is 7.73. The number of fused-ring (bicyclic) bond motifs is 1. The average molecular weight is 346 g/mol. The third-order valence-electron chi connectivity index (χ3n) is 4.41. The van der Waals surface area contributed by atoms with Gasteiger partial charge in [-0.1, -0.05) is 18.2 Å². The molecular weight excluding hydrogens is 328 g/mol. The van der Waals surface area contributed by atoms with E-state index in [9.17, 15) is 5.11 Å². The Bertz CT molecular complexity index is 1060. The smallest absolute Gasteiger partial charge is 0.137 e. The first-order chi connectivity index (χ1) is 12.7. The molecule has 0 unspecified atom stereocenters. The van der Waals surface area contributed by atoms with Gasteiger partial charge in [0.2, 0.25) is 0 Å². The lowest BCUT2D eigenvalue weighted by Crippen LogP contribution is -1.92. The molecule has 130 valence electrons. The number of rotatable bonds is 4. The summed E-state index contributed by atoms with van der Waals surface area (Å²) in [6.45, 7) is 0. The Morgan fingerprint density at radius 3 is 2.35 bits per heavy atom. The summed E-state index contributed by atoms with van der Waals surface area (Å²) < 4.78 is 11.1. The van der Waals surface area contributed by atoms with Crippen molar-refractivity contribution in [2.45, 2.75) is 0 Å². The molecule has 0 saturated heterocycles. The molecule has 0 aliphatic carbocycles. The van der Waals surface area contributed by atoms with Gasteiger partial charge in [0.1, 0.15) is 22.9 Å². The highest BCUT2D eigenvalue weighted by Crippen LogP contribution is 2.42. The Balaban J connectivity index is 1.94. The van der Waals surface area contributed by atoms with Crippen LogP contribution in [-0.4, -0.2) is 29.3 Å². The average Bonchev–Trinajstić information content (AvgIpc) is 3.10. The van der Waals surface area contributed by atoms with Crippen molar-refractivity contribution in [2.75, 3.05) is 14.2 Å². The second-order valence-electron chi connectivity index (χ2n) is 5.91. The molecule has 4 aromatic rings. The zero-order valence-corrected chi connectivity index (χ0v) is 14.5. The number of hydrogen-bond donors (Lipinski definition) is 2. The topological polar surface area (TPSA) is 67.4 Å². The van der Waals surface area contributed by atoms with E-state index in [1.807, 2.05) is 36.5 Å². The molecule has 5 heteroatoms. The SMILES string of the molecule is COc1cccc(OC)c1-c1c[nH]c2ncc(-c3cccc(O)c3)cc12. The molecule has 0 fully saturated rings. The van der Waals surface area contributed by atoms with Gasteiger partial charge in [-0.05, 0) is 35.9 Å². The van der Waals surface area contributed by atoms with Gasteiger partial charge in [-0.15, -0.1) is 0 Å². The van der Waals surface area contributed by atoms with Gasteiger partial charge in [-0.2, -0.15) is 0 Å². The number of aromatic hydroxyl groups is 1. The van der Waals surface area contributed by atoms with E-state index in [-0.39, 0.29) is 5.75 Å². The van der Waals surface area contributed by atoms with Crippen LogP contribution in [-0.2, 0) is 0 Å². The number of ether oxygens (including phenoxy) is 2. The van der Waals surface area contributed by atoms with E-state index < -0.39 is 0 Å². The zero-order valence-electron chi connectivity index (χ0n) is 14.5. The van der Waals surface area contributed by atoms with Crippen molar-refractivity contribution in [1.82, 2.24) is 9.97 Å². The fourth-order valence-corrected chi connectivity index (χ4v) is 3.17. The Morgan fingerprint density at radius 1 is 0.923 bits per heavy atom. The fourth-order valence-electron chi connectivity index (χ4n) is 3.17.